The molecule has 2 aliphatic heterocycles. The molecule has 6 aromatic rings. The number of carboxylic acid groups (broad SMARTS) is 6. The second-order valence-corrected chi connectivity index (χ2v) is 18.3. The zero-order valence-electron chi connectivity index (χ0n) is 38.2. The van der Waals surface area contributed by atoms with E-state index in [0.29, 0.717) is 89.1 Å². The van der Waals surface area contributed by atoms with Crippen molar-refractivity contribution in [3.8, 4) is 11.5 Å². The van der Waals surface area contributed by atoms with Gasteiger partial charge in [0.25, 0.3) is 0 Å². The molecule has 76 heavy (non-hydrogen) atoms. The molecule has 30 heteroatoms. The molecule has 2 aliphatic rings. The summed E-state index contributed by atoms with van der Waals surface area (Å²) in [5, 5.41) is 48.3. The molecule has 2 fully saturated rings. The van der Waals surface area contributed by atoms with Gasteiger partial charge in [0, 0.05) is 56.0 Å². The van der Waals surface area contributed by atoms with Crippen LogP contribution < -0.4 is 9.47 Å². The Morgan fingerprint density at radius 2 is 0.789 bits per heavy atom. The van der Waals surface area contributed by atoms with Crippen molar-refractivity contribution in [1.29, 1.82) is 0 Å². The minimum absolute atomic E-state index is 0.248. The van der Waals surface area contributed by atoms with Crippen molar-refractivity contribution in [2.24, 2.45) is 0 Å². The van der Waals surface area contributed by atoms with Crippen LogP contribution in [0.15, 0.2) is 110 Å². The first kappa shape index (κ1) is 62.4. The van der Waals surface area contributed by atoms with Crippen molar-refractivity contribution in [2.45, 2.75) is 36.9 Å². The molecule has 0 saturated carbocycles. The van der Waals surface area contributed by atoms with Crippen LogP contribution in [0.25, 0.3) is 0 Å². The maximum atomic E-state index is 9.10. The lowest BCUT2D eigenvalue weighted by Gasteiger charge is -2.30. The minimum Gasteiger partial charge on any atom is -0.489 e. The Morgan fingerprint density at radius 1 is 0.487 bits per heavy atom. The Labute approximate surface area is 469 Å². The Kier molecular flexibility index (Phi) is 24.2. The second kappa shape index (κ2) is 29.4. The number of hydrogen-bond acceptors (Lipinski definition) is 14. The zero-order valence-corrected chi connectivity index (χ0v) is 44.2. The summed E-state index contributed by atoms with van der Waals surface area (Å²) in [6.45, 7) is 1.87. The molecule has 0 aliphatic carbocycles. The molecule has 0 bridgehead atoms. The number of carbonyl (C=O) groups is 6. The van der Waals surface area contributed by atoms with Gasteiger partial charge in [-0.25, -0.2) is 38.7 Å². The number of nitrogens with zero attached hydrogens (tertiary/aromatic N) is 4. The van der Waals surface area contributed by atoms with E-state index < -0.39 is 47.4 Å². The minimum atomic E-state index is -1.82. The monoisotopic (exact) mass is 1210 g/mol. The second-order valence-electron chi connectivity index (χ2n) is 14.9. The van der Waals surface area contributed by atoms with E-state index in [1.165, 1.54) is 0 Å². The van der Waals surface area contributed by atoms with Gasteiger partial charge in [-0.15, -0.1) is 0 Å². The summed E-state index contributed by atoms with van der Waals surface area (Å²) in [7, 11) is 0. The number of carboxylic acids is 6. The first-order valence-corrected chi connectivity index (χ1v) is 23.9. The van der Waals surface area contributed by atoms with E-state index in [0.717, 1.165) is 0 Å². The van der Waals surface area contributed by atoms with Crippen LogP contribution in [0.3, 0.4) is 0 Å². The molecule has 8 rings (SSSR count). The van der Waals surface area contributed by atoms with Crippen molar-refractivity contribution in [2.75, 3.05) is 26.4 Å². The van der Waals surface area contributed by atoms with Crippen molar-refractivity contribution in [3.05, 3.63) is 162 Å². The molecule has 0 amide bonds. The Balaban J connectivity index is 0.000000249. The fourth-order valence-corrected chi connectivity index (χ4v) is 8.33. The molecule has 22 nitrogen and oxygen atoms in total. The third kappa shape index (κ3) is 19.2. The summed E-state index contributed by atoms with van der Waals surface area (Å²) in [4.78, 5) is 62.8. The predicted molar refractivity (Wildman–Crippen MR) is 272 cm³/mol. The van der Waals surface area contributed by atoms with Crippen LogP contribution in [0.1, 0.15) is 11.1 Å². The number of halogens is 8. The Bertz CT molecular complexity index is 2720. The van der Waals surface area contributed by atoms with Crippen LogP contribution in [0, 0.1) is 0 Å². The topological polar surface area (TPSA) is 315 Å². The maximum Gasteiger partial charge on any atom is 0.414 e. The lowest BCUT2D eigenvalue weighted by Crippen LogP contribution is -2.34. The average Bonchev–Trinajstić information content (AvgIpc) is 4.20. The summed E-state index contributed by atoms with van der Waals surface area (Å²) in [6, 6.07) is 20.6. The number of ether oxygens (including phenoxy) is 6. The molecule has 4 unspecified atom stereocenters. The summed E-state index contributed by atoms with van der Waals surface area (Å²) >= 11 is 49.3. The quantitative estimate of drug-likeness (QED) is 0.0622. The van der Waals surface area contributed by atoms with E-state index in [9.17, 15) is 0 Å². The SMILES string of the molecule is Clc1ccc(OCC2COC(Cn3ccnc3)(c3ccc(Cl)cc3Cl)O2)c(Cl)c1.Clc1ccc(OCC2COC(Cn3ccnc3)(c3ccc(Cl)cc3Cl)O2)c(Cl)c1.O=C(O)C(=O)O.O=C(O)C(=O)O.O=C(O)C(=O)O. The van der Waals surface area contributed by atoms with Gasteiger partial charge in [-0.1, -0.05) is 105 Å². The number of imidazole rings is 2. The van der Waals surface area contributed by atoms with Crippen LogP contribution in [0.2, 0.25) is 40.2 Å². The molecule has 4 atom stereocenters. The van der Waals surface area contributed by atoms with E-state index in [1.54, 1.807) is 97.8 Å². The third-order valence-corrected chi connectivity index (χ3v) is 11.6. The van der Waals surface area contributed by atoms with E-state index in [1.807, 2.05) is 21.5 Å². The zero-order chi connectivity index (χ0) is 56.3. The molecule has 6 N–H and O–H groups in total. The summed E-state index contributed by atoms with van der Waals surface area (Å²) in [5.41, 5.74) is 1.37. The van der Waals surface area contributed by atoms with Gasteiger partial charge in [0.15, 0.2) is 0 Å². The lowest BCUT2D eigenvalue weighted by molar-refractivity contribution is -0.189. The van der Waals surface area contributed by atoms with Gasteiger partial charge in [0.1, 0.15) is 36.9 Å². The molecule has 4 aromatic carbocycles. The number of rotatable bonds is 12. The van der Waals surface area contributed by atoms with E-state index in [-0.39, 0.29) is 25.4 Å². The van der Waals surface area contributed by atoms with Gasteiger partial charge in [-0.05, 0) is 60.7 Å². The lowest BCUT2D eigenvalue weighted by atomic mass is 10.1. The molecule has 2 saturated heterocycles. The first-order valence-electron chi connectivity index (χ1n) is 20.8. The highest BCUT2D eigenvalue weighted by molar-refractivity contribution is 6.37. The number of benzene rings is 4. The van der Waals surface area contributed by atoms with E-state index >= 15 is 0 Å². The van der Waals surface area contributed by atoms with Gasteiger partial charge in [-0.2, -0.15) is 0 Å². The molecule has 0 spiro atoms. The number of aliphatic carboxylic acids is 6. The average molecular weight is 1220 g/mol. The van der Waals surface area contributed by atoms with Gasteiger partial charge in [-0.3, -0.25) is 0 Å². The third-order valence-electron chi connectivity index (χ3n) is 9.49. The summed E-state index contributed by atoms with van der Waals surface area (Å²) in [6.07, 6.45) is 9.75. The van der Waals surface area contributed by atoms with Crippen LogP contribution in [0.5, 0.6) is 11.5 Å². The molecular formula is C46H38Cl8N4O18. The highest BCUT2D eigenvalue weighted by Crippen LogP contribution is 2.42. The first-order chi connectivity index (χ1) is 35.8. The van der Waals surface area contributed by atoms with Crippen LogP contribution in [-0.2, 0) is 72.4 Å². The van der Waals surface area contributed by atoms with Crippen molar-refractivity contribution < 1.29 is 87.8 Å². The number of hydrogen-bond donors (Lipinski definition) is 6. The van der Waals surface area contributed by atoms with Gasteiger partial charge >= 0.3 is 35.8 Å². The summed E-state index contributed by atoms with van der Waals surface area (Å²) < 4.78 is 40.3. The van der Waals surface area contributed by atoms with Crippen molar-refractivity contribution >= 4 is 129 Å². The molecular weight excluding hydrogens is 1180 g/mol. The van der Waals surface area contributed by atoms with Gasteiger partial charge in [0.05, 0.1) is 59.0 Å². The summed E-state index contributed by atoms with van der Waals surface area (Å²) in [5.74, 6) is -12.1. The fourth-order valence-electron chi connectivity index (χ4n) is 6.30. The van der Waals surface area contributed by atoms with Gasteiger partial charge in [0.2, 0.25) is 11.6 Å². The Morgan fingerprint density at radius 3 is 1.05 bits per heavy atom. The standard InChI is InChI=1S/2C20H16Cl4N2O3.3C2H2O4/c2*21-13-1-3-16(17(23)7-13)20(11-26-6-5-25-12-26)28-10-15(29-20)9-27-19-4-2-14(22)8-18(19)24;3*3-1(4)2(5)6/h2*1-8,12,15H,9-11H2;3*(H,3,4)(H,5,6). The number of aromatic nitrogens is 4. The van der Waals surface area contributed by atoms with E-state index in [4.69, 9.17) is 181 Å². The maximum absolute atomic E-state index is 9.10. The van der Waals surface area contributed by atoms with Gasteiger partial charge < -0.3 is 68.2 Å². The highest BCUT2D eigenvalue weighted by Gasteiger charge is 2.46. The molecule has 4 heterocycles. The molecule has 0 radical (unpaired) electrons. The largest absolute Gasteiger partial charge is 0.489 e. The van der Waals surface area contributed by atoms with Crippen LogP contribution in [-0.4, -0.2) is 124 Å². The molecule has 2 aromatic heterocycles. The van der Waals surface area contributed by atoms with Crippen LogP contribution >= 0.6 is 92.8 Å². The Hall–Kier alpha value is -6.12. The molecule has 406 valence electrons. The smallest absolute Gasteiger partial charge is 0.414 e. The normalized spacial score (nSPS) is 18.1. The highest BCUT2D eigenvalue weighted by atomic mass is 35.5. The van der Waals surface area contributed by atoms with Crippen molar-refractivity contribution in [1.82, 2.24) is 19.1 Å². The fraction of sp³-hybridized carbons (Fsp3) is 0.217. The predicted octanol–water partition coefficient (Wildman–Crippen LogP) is 9.16. The van der Waals surface area contributed by atoms with Crippen molar-refractivity contribution in [3.63, 3.8) is 0 Å². The van der Waals surface area contributed by atoms with E-state index in [2.05, 4.69) is 9.97 Å². The van der Waals surface area contributed by atoms with Crippen LogP contribution in [0.4, 0.5) is 0 Å².